The van der Waals surface area contributed by atoms with Gasteiger partial charge in [0.1, 0.15) is 15.6 Å². The molecule has 1 aromatic heterocycles. The van der Waals surface area contributed by atoms with Crippen LogP contribution in [0.4, 0.5) is 0 Å². The summed E-state index contributed by atoms with van der Waals surface area (Å²) in [4.78, 5) is 0. The van der Waals surface area contributed by atoms with Crippen LogP contribution in [0.5, 0.6) is 0 Å². The Labute approximate surface area is 106 Å². The highest BCUT2D eigenvalue weighted by Gasteiger charge is 2.22. The molecule has 0 amide bonds. The summed E-state index contributed by atoms with van der Waals surface area (Å²) in [6.45, 7) is 1.56. The third-order valence-electron chi connectivity index (χ3n) is 2.01. The molecule has 0 saturated heterocycles. The van der Waals surface area contributed by atoms with E-state index in [9.17, 15) is 16.8 Å². The summed E-state index contributed by atoms with van der Waals surface area (Å²) < 4.78 is 52.9. The van der Waals surface area contributed by atoms with Gasteiger partial charge in [-0.15, -0.1) is 0 Å². The van der Waals surface area contributed by atoms with Crippen molar-refractivity contribution in [1.82, 2.24) is 4.72 Å². The molecule has 1 aromatic rings. The van der Waals surface area contributed by atoms with Gasteiger partial charge in [0.2, 0.25) is 5.09 Å². The van der Waals surface area contributed by atoms with E-state index in [1.165, 1.54) is 19.1 Å². The fourth-order valence-electron chi connectivity index (χ4n) is 1.42. The molecule has 0 bridgehead atoms. The molecule has 1 atom stereocenters. The maximum absolute atomic E-state index is 11.8. The van der Waals surface area contributed by atoms with Crippen molar-refractivity contribution in [2.75, 3.05) is 12.0 Å². The first-order chi connectivity index (χ1) is 8.14. The van der Waals surface area contributed by atoms with Gasteiger partial charge in [0.15, 0.2) is 0 Å². The SMILES string of the molecule is CC(CS(C)(=O)=O)NS(=O)(=O)c1ccc(CN)o1. The zero-order valence-corrected chi connectivity index (χ0v) is 11.7. The molecular formula is C9H16N2O5S2. The minimum Gasteiger partial charge on any atom is -0.447 e. The molecule has 0 fully saturated rings. The van der Waals surface area contributed by atoms with Crippen molar-refractivity contribution in [3.8, 4) is 0 Å². The van der Waals surface area contributed by atoms with Gasteiger partial charge < -0.3 is 10.2 Å². The van der Waals surface area contributed by atoms with E-state index in [4.69, 9.17) is 10.2 Å². The van der Waals surface area contributed by atoms with Crippen LogP contribution in [0.15, 0.2) is 21.6 Å². The molecule has 1 heterocycles. The lowest BCUT2D eigenvalue weighted by atomic mass is 10.4. The monoisotopic (exact) mass is 296 g/mol. The largest absolute Gasteiger partial charge is 0.447 e. The average Bonchev–Trinajstić information content (AvgIpc) is 2.61. The van der Waals surface area contributed by atoms with Crippen LogP contribution in [0.25, 0.3) is 0 Å². The van der Waals surface area contributed by atoms with Crippen molar-refractivity contribution in [2.24, 2.45) is 5.73 Å². The number of sulfonamides is 1. The minimum atomic E-state index is -3.86. The molecule has 0 aliphatic rings. The Morgan fingerprint density at radius 1 is 1.33 bits per heavy atom. The third kappa shape index (κ3) is 4.41. The number of hydrogen-bond donors (Lipinski definition) is 2. The van der Waals surface area contributed by atoms with Crippen molar-refractivity contribution in [2.45, 2.75) is 24.6 Å². The number of rotatable bonds is 6. The van der Waals surface area contributed by atoms with E-state index in [-0.39, 0.29) is 17.4 Å². The van der Waals surface area contributed by atoms with Crippen LogP contribution in [0.2, 0.25) is 0 Å². The van der Waals surface area contributed by atoms with E-state index in [2.05, 4.69) is 4.72 Å². The number of nitrogens with two attached hydrogens (primary N) is 1. The summed E-state index contributed by atoms with van der Waals surface area (Å²) in [6, 6.07) is 1.99. The number of nitrogens with one attached hydrogen (secondary N) is 1. The van der Waals surface area contributed by atoms with Crippen LogP contribution >= 0.6 is 0 Å². The molecule has 104 valence electrons. The van der Waals surface area contributed by atoms with E-state index in [1.54, 1.807) is 0 Å². The quantitative estimate of drug-likeness (QED) is 0.727. The summed E-state index contributed by atoms with van der Waals surface area (Å²) in [5.41, 5.74) is 5.30. The number of furan rings is 1. The highest BCUT2D eigenvalue weighted by Crippen LogP contribution is 2.13. The minimum absolute atomic E-state index is 0.0917. The molecule has 9 heteroatoms. The van der Waals surface area contributed by atoms with Crippen molar-refractivity contribution in [3.05, 3.63) is 17.9 Å². The van der Waals surface area contributed by atoms with E-state index in [1.807, 2.05) is 0 Å². The Kier molecular flexibility index (Phi) is 4.54. The highest BCUT2D eigenvalue weighted by atomic mass is 32.2. The Balaban J connectivity index is 2.82. The van der Waals surface area contributed by atoms with Gasteiger partial charge in [-0.2, -0.15) is 0 Å². The van der Waals surface area contributed by atoms with Crippen LogP contribution < -0.4 is 10.5 Å². The van der Waals surface area contributed by atoms with Crippen LogP contribution in [0.1, 0.15) is 12.7 Å². The summed E-state index contributed by atoms with van der Waals surface area (Å²) in [6.07, 6.45) is 1.04. The molecule has 3 N–H and O–H groups in total. The van der Waals surface area contributed by atoms with Crippen LogP contribution in [-0.4, -0.2) is 34.9 Å². The number of hydrogen-bond acceptors (Lipinski definition) is 6. The lowest BCUT2D eigenvalue weighted by Gasteiger charge is -2.11. The summed E-state index contributed by atoms with van der Waals surface area (Å²) in [7, 11) is -7.11. The Hall–Kier alpha value is -0.900. The second kappa shape index (κ2) is 5.39. The van der Waals surface area contributed by atoms with E-state index in [0.29, 0.717) is 5.76 Å². The maximum atomic E-state index is 11.8. The topological polar surface area (TPSA) is 119 Å². The average molecular weight is 296 g/mol. The first-order valence-corrected chi connectivity index (χ1v) is 8.67. The standard InChI is InChI=1S/C9H16N2O5S2/c1-7(6-17(2,12)13)11-18(14,15)9-4-3-8(5-10)16-9/h3-4,7,11H,5-6,10H2,1-2H3. The van der Waals surface area contributed by atoms with Crippen molar-refractivity contribution < 1.29 is 21.3 Å². The first kappa shape index (κ1) is 15.2. The van der Waals surface area contributed by atoms with Gasteiger partial charge in [0, 0.05) is 12.3 Å². The van der Waals surface area contributed by atoms with Gasteiger partial charge in [-0.25, -0.2) is 21.6 Å². The predicted molar refractivity (Wildman–Crippen MR) is 66.1 cm³/mol. The molecule has 0 aliphatic heterocycles. The summed E-state index contributed by atoms with van der Waals surface area (Å²) in [5.74, 6) is 0.0580. The Morgan fingerprint density at radius 3 is 2.39 bits per heavy atom. The van der Waals surface area contributed by atoms with Gasteiger partial charge in [0.25, 0.3) is 10.0 Å². The van der Waals surface area contributed by atoms with Gasteiger partial charge in [-0.3, -0.25) is 0 Å². The Morgan fingerprint density at radius 2 is 1.94 bits per heavy atom. The van der Waals surface area contributed by atoms with Crippen LogP contribution in [0.3, 0.4) is 0 Å². The normalized spacial score (nSPS) is 14.6. The second-order valence-electron chi connectivity index (χ2n) is 4.04. The molecule has 1 rings (SSSR count). The predicted octanol–water partition coefficient (Wildman–Crippen LogP) is -0.550. The molecule has 7 nitrogen and oxygen atoms in total. The molecule has 0 saturated carbocycles. The van der Waals surface area contributed by atoms with Gasteiger partial charge in [-0.05, 0) is 19.1 Å². The maximum Gasteiger partial charge on any atom is 0.274 e. The van der Waals surface area contributed by atoms with Gasteiger partial charge >= 0.3 is 0 Å². The molecule has 18 heavy (non-hydrogen) atoms. The van der Waals surface area contributed by atoms with Crippen molar-refractivity contribution in [1.29, 1.82) is 0 Å². The Bertz CT molecular complexity index is 603. The van der Waals surface area contributed by atoms with Gasteiger partial charge in [0.05, 0.1) is 12.3 Å². The molecule has 0 aliphatic carbocycles. The fourth-order valence-corrected chi connectivity index (χ4v) is 3.71. The molecule has 0 radical (unpaired) electrons. The lowest BCUT2D eigenvalue weighted by Crippen LogP contribution is -2.37. The van der Waals surface area contributed by atoms with E-state index >= 15 is 0 Å². The smallest absolute Gasteiger partial charge is 0.274 e. The third-order valence-corrected chi connectivity index (χ3v) is 4.58. The van der Waals surface area contributed by atoms with Gasteiger partial charge in [-0.1, -0.05) is 0 Å². The van der Waals surface area contributed by atoms with Crippen LogP contribution in [0, 0.1) is 0 Å². The lowest BCUT2D eigenvalue weighted by molar-refractivity contribution is 0.411. The van der Waals surface area contributed by atoms with Crippen molar-refractivity contribution >= 4 is 19.9 Å². The second-order valence-corrected chi connectivity index (χ2v) is 7.87. The van der Waals surface area contributed by atoms with Crippen molar-refractivity contribution in [3.63, 3.8) is 0 Å². The fraction of sp³-hybridized carbons (Fsp3) is 0.556. The molecule has 0 spiro atoms. The van der Waals surface area contributed by atoms with Crippen LogP contribution in [-0.2, 0) is 26.4 Å². The number of sulfone groups is 1. The first-order valence-electron chi connectivity index (χ1n) is 5.13. The summed E-state index contributed by atoms with van der Waals surface area (Å²) >= 11 is 0. The van der Waals surface area contributed by atoms with E-state index in [0.717, 1.165) is 6.26 Å². The molecule has 1 unspecified atom stereocenters. The zero-order valence-electron chi connectivity index (χ0n) is 10.1. The zero-order chi connectivity index (χ0) is 14.0. The van der Waals surface area contributed by atoms with E-state index < -0.39 is 25.9 Å². The molecular weight excluding hydrogens is 280 g/mol. The highest BCUT2D eigenvalue weighted by molar-refractivity contribution is 7.91. The molecule has 0 aromatic carbocycles. The summed E-state index contributed by atoms with van der Waals surface area (Å²) in [5, 5.41) is -0.275.